The molecule has 0 saturated carbocycles. The van der Waals surface area contributed by atoms with Gasteiger partial charge in [0.1, 0.15) is 0 Å². The van der Waals surface area contributed by atoms with E-state index in [1.165, 1.54) is 29.4 Å². The third-order valence-corrected chi connectivity index (χ3v) is 3.18. The standard InChI is InChI=1S/C15H17NO2/c1-11-10-12(8-9-15(17)16(2)18-3)14-7-5-4-6-13(11)14/h4-11H,1-3H3/b9-8+. The van der Waals surface area contributed by atoms with Gasteiger partial charge in [0.15, 0.2) is 0 Å². The number of hydrogen-bond acceptors (Lipinski definition) is 2. The van der Waals surface area contributed by atoms with Crippen LogP contribution in [0.25, 0.3) is 5.57 Å². The Bertz CT molecular complexity index is 517. The Morgan fingerprint density at radius 2 is 2.11 bits per heavy atom. The van der Waals surface area contributed by atoms with E-state index in [2.05, 4.69) is 25.1 Å². The summed E-state index contributed by atoms with van der Waals surface area (Å²) in [7, 11) is 3.06. The molecule has 1 aliphatic rings. The number of allylic oxidation sites excluding steroid dienone is 3. The van der Waals surface area contributed by atoms with E-state index in [-0.39, 0.29) is 5.91 Å². The Kier molecular flexibility index (Phi) is 3.63. The van der Waals surface area contributed by atoms with Crippen LogP contribution in [0.1, 0.15) is 24.0 Å². The van der Waals surface area contributed by atoms with Crippen molar-refractivity contribution in [2.45, 2.75) is 12.8 Å². The van der Waals surface area contributed by atoms with Gasteiger partial charge in [-0.2, -0.15) is 0 Å². The Hall–Kier alpha value is -1.87. The highest BCUT2D eigenvalue weighted by molar-refractivity contribution is 5.91. The Morgan fingerprint density at radius 3 is 2.83 bits per heavy atom. The van der Waals surface area contributed by atoms with Gasteiger partial charge in [0, 0.05) is 19.0 Å². The maximum atomic E-state index is 11.6. The van der Waals surface area contributed by atoms with Gasteiger partial charge in [0.2, 0.25) is 0 Å². The van der Waals surface area contributed by atoms with Crippen molar-refractivity contribution in [2.24, 2.45) is 0 Å². The molecular formula is C15H17NO2. The van der Waals surface area contributed by atoms with E-state index in [0.717, 1.165) is 5.57 Å². The molecule has 3 heteroatoms. The predicted octanol–water partition coefficient (Wildman–Crippen LogP) is 2.76. The first kappa shape index (κ1) is 12.6. The van der Waals surface area contributed by atoms with E-state index >= 15 is 0 Å². The Balaban J connectivity index is 2.20. The van der Waals surface area contributed by atoms with Crippen LogP contribution in [0.2, 0.25) is 0 Å². The van der Waals surface area contributed by atoms with Crippen LogP contribution in [0.3, 0.4) is 0 Å². The van der Waals surface area contributed by atoms with Gasteiger partial charge in [-0.25, -0.2) is 5.06 Å². The molecule has 0 saturated heterocycles. The molecule has 1 atom stereocenters. The SMILES string of the molecule is CON(C)C(=O)/C=C/C1=CC(C)c2ccccc21. The molecule has 0 fully saturated rings. The molecule has 2 rings (SSSR count). The molecule has 0 bridgehead atoms. The van der Waals surface area contributed by atoms with Crippen LogP contribution in [0.5, 0.6) is 0 Å². The molecule has 0 spiro atoms. The third-order valence-electron chi connectivity index (χ3n) is 3.18. The molecule has 18 heavy (non-hydrogen) atoms. The second-order valence-corrected chi connectivity index (χ2v) is 4.35. The first-order chi connectivity index (χ1) is 8.63. The molecule has 1 aliphatic carbocycles. The number of fused-ring (bicyclic) bond motifs is 1. The van der Waals surface area contributed by atoms with E-state index in [0.29, 0.717) is 5.92 Å². The maximum Gasteiger partial charge on any atom is 0.269 e. The minimum absolute atomic E-state index is 0.171. The average Bonchev–Trinajstić information content (AvgIpc) is 2.72. The zero-order valence-corrected chi connectivity index (χ0v) is 10.9. The summed E-state index contributed by atoms with van der Waals surface area (Å²) >= 11 is 0. The zero-order chi connectivity index (χ0) is 13.1. The van der Waals surface area contributed by atoms with Crippen molar-refractivity contribution in [3.8, 4) is 0 Å². The molecule has 94 valence electrons. The van der Waals surface area contributed by atoms with E-state index in [9.17, 15) is 4.79 Å². The monoisotopic (exact) mass is 243 g/mol. The smallest absolute Gasteiger partial charge is 0.269 e. The molecule has 0 aliphatic heterocycles. The second kappa shape index (κ2) is 5.19. The van der Waals surface area contributed by atoms with Crippen molar-refractivity contribution in [2.75, 3.05) is 14.2 Å². The van der Waals surface area contributed by atoms with Crippen molar-refractivity contribution in [1.29, 1.82) is 0 Å². The quantitative estimate of drug-likeness (QED) is 0.603. The Labute approximate surface area is 107 Å². The van der Waals surface area contributed by atoms with Crippen molar-refractivity contribution in [3.63, 3.8) is 0 Å². The van der Waals surface area contributed by atoms with Crippen LogP contribution >= 0.6 is 0 Å². The molecule has 0 heterocycles. The first-order valence-corrected chi connectivity index (χ1v) is 5.94. The summed E-state index contributed by atoms with van der Waals surface area (Å²) in [5.41, 5.74) is 3.61. The lowest BCUT2D eigenvalue weighted by molar-refractivity contribution is -0.162. The summed E-state index contributed by atoms with van der Waals surface area (Å²) in [5.74, 6) is 0.228. The fraction of sp³-hybridized carbons (Fsp3) is 0.267. The van der Waals surface area contributed by atoms with Gasteiger partial charge in [-0.05, 0) is 22.8 Å². The summed E-state index contributed by atoms with van der Waals surface area (Å²) in [5, 5.41) is 1.20. The van der Waals surface area contributed by atoms with E-state index < -0.39 is 0 Å². The molecule has 1 unspecified atom stereocenters. The number of nitrogens with zero attached hydrogens (tertiary/aromatic N) is 1. The fourth-order valence-electron chi connectivity index (χ4n) is 2.11. The van der Waals surface area contributed by atoms with Crippen LogP contribution in [-0.4, -0.2) is 25.1 Å². The molecule has 0 N–H and O–H groups in total. The maximum absolute atomic E-state index is 11.6. The number of hydrogen-bond donors (Lipinski definition) is 0. The molecule has 1 aromatic carbocycles. The summed E-state index contributed by atoms with van der Waals surface area (Å²) in [6.07, 6.45) is 5.55. The highest BCUT2D eigenvalue weighted by atomic mass is 16.7. The van der Waals surface area contributed by atoms with E-state index in [4.69, 9.17) is 4.84 Å². The highest BCUT2D eigenvalue weighted by Crippen LogP contribution is 2.35. The number of carbonyl (C=O) groups is 1. The summed E-state index contributed by atoms with van der Waals surface area (Å²) in [4.78, 5) is 16.4. The lowest BCUT2D eigenvalue weighted by Crippen LogP contribution is -2.23. The van der Waals surface area contributed by atoms with Crippen LogP contribution in [0.15, 0.2) is 42.5 Å². The molecule has 0 radical (unpaired) electrons. The topological polar surface area (TPSA) is 29.5 Å². The van der Waals surface area contributed by atoms with Gasteiger partial charge in [-0.1, -0.05) is 37.3 Å². The van der Waals surface area contributed by atoms with Gasteiger partial charge >= 0.3 is 0 Å². The number of amides is 1. The lowest BCUT2D eigenvalue weighted by Gasteiger charge is -2.10. The van der Waals surface area contributed by atoms with Crippen LogP contribution in [-0.2, 0) is 9.63 Å². The van der Waals surface area contributed by atoms with E-state index in [1.54, 1.807) is 7.05 Å². The van der Waals surface area contributed by atoms with Crippen molar-refractivity contribution >= 4 is 11.5 Å². The minimum atomic E-state index is -0.171. The molecule has 1 amide bonds. The number of benzene rings is 1. The number of carbonyl (C=O) groups excluding carboxylic acids is 1. The number of likely N-dealkylation sites (N-methyl/N-ethyl adjacent to an activating group) is 1. The van der Waals surface area contributed by atoms with Crippen LogP contribution in [0.4, 0.5) is 0 Å². The van der Waals surface area contributed by atoms with Gasteiger partial charge in [0.05, 0.1) is 7.11 Å². The predicted molar refractivity (Wildman–Crippen MR) is 71.8 cm³/mol. The van der Waals surface area contributed by atoms with Gasteiger partial charge in [0.25, 0.3) is 5.91 Å². The van der Waals surface area contributed by atoms with E-state index in [1.807, 2.05) is 18.2 Å². The van der Waals surface area contributed by atoms with Gasteiger partial charge < -0.3 is 0 Å². The summed E-state index contributed by atoms with van der Waals surface area (Å²) < 4.78 is 0. The molecule has 3 nitrogen and oxygen atoms in total. The summed E-state index contributed by atoms with van der Waals surface area (Å²) in [6.45, 7) is 2.16. The highest BCUT2D eigenvalue weighted by Gasteiger charge is 2.17. The Morgan fingerprint density at radius 1 is 1.39 bits per heavy atom. The van der Waals surface area contributed by atoms with Crippen LogP contribution in [0, 0.1) is 0 Å². The van der Waals surface area contributed by atoms with Gasteiger partial charge in [-0.15, -0.1) is 0 Å². The number of hydroxylamine groups is 2. The largest absolute Gasteiger partial charge is 0.274 e. The minimum Gasteiger partial charge on any atom is -0.274 e. The second-order valence-electron chi connectivity index (χ2n) is 4.35. The fourth-order valence-corrected chi connectivity index (χ4v) is 2.11. The average molecular weight is 243 g/mol. The number of rotatable bonds is 3. The molecule has 0 aromatic heterocycles. The molecular weight excluding hydrogens is 226 g/mol. The molecule has 1 aromatic rings. The van der Waals surface area contributed by atoms with Crippen LogP contribution < -0.4 is 0 Å². The summed E-state index contributed by atoms with van der Waals surface area (Å²) in [6, 6.07) is 8.27. The zero-order valence-electron chi connectivity index (χ0n) is 10.9. The van der Waals surface area contributed by atoms with Crippen molar-refractivity contribution in [1.82, 2.24) is 5.06 Å². The lowest BCUT2D eigenvalue weighted by atomic mass is 10.0. The van der Waals surface area contributed by atoms with Gasteiger partial charge in [-0.3, -0.25) is 9.63 Å². The first-order valence-electron chi connectivity index (χ1n) is 5.94. The van der Waals surface area contributed by atoms with Crippen molar-refractivity contribution in [3.05, 3.63) is 53.6 Å². The van der Waals surface area contributed by atoms with Crippen molar-refractivity contribution < 1.29 is 9.63 Å². The third kappa shape index (κ3) is 2.36. The normalized spacial score (nSPS) is 17.7.